The summed E-state index contributed by atoms with van der Waals surface area (Å²) in [5.74, 6) is -0.840. The maximum absolute atomic E-state index is 11.7. The van der Waals surface area contributed by atoms with E-state index < -0.39 is 11.5 Å². The normalized spacial score (nSPS) is 32.4. The lowest BCUT2D eigenvalue weighted by molar-refractivity contribution is -0.156. The van der Waals surface area contributed by atoms with Gasteiger partial charge in [0, 0.05) is 19.1 Å². The van der Waals surface area contributed by atoms with Crippen molar-refractivity contribution in [2.24, 2.45) is 0 Å². The van der Waals surface area contributed by atoms with Crippen LogP contribution >= 0.6 is 0 Å². The van der Waals surface area contributed by atoms with Gasteiger partial charge in [0.1, 0.15) is 0 Å². The Morgan fingerprint density at radius 3 is 2.94 bits per heavy atom. The number of hydrogen-bond donors (Lipinski definition) is 1. The number of aliphatic carboxylic acids is 1. The number of carbonyl (C=O) groups is 2. The van der Waals surface area contributed by atoms with Crippen LogP contribution in [0.5, 0.6) is 0 Å². The van der Waals surface area contributed by atoms with Crippen molar-refractivity contribution >= 4 is 12.4 Å². The SMILES string of the molecule is CCCN(C=O)C1(C(=O)O)CCN2CCCC21. The fourth-order valence-electron chi connectivity index (χ4n) is 3.41. The smallest absolute Gasteiger partial charge is 0.331 e. The molecule has 0 saturated carbocycles. The van der Waals surface area contributed by atoms with E-state index >= 15 is 0 Å². The molecule has 17 heavy (non-hydrogen) atoms. The van der Waals surface area contributed by atoms with Crippen LogP contribution in [0.3, 0.4) is 0 Å². The van der Waals surface area contributed by atoms with E-state index in [9.17, 15) is 14.7 Å². The van der Waals surface area contributed by atoms with E-state index in [0.717, 1.165) is 38.8 Å². The second kappa shape index (κ2) is 4.64. The van der Waals surface area contributed by atoms with Gasteiger partial charge in [0.25, 0.3) is 0 Å². The van der Waals surface area contributed by atoms with Gasteiger partial charge in [0.05, 0.1) is 0 Å². The molecule has 2 atom stereocenters. The van der Waals surface area contributed by atoms with Gasteiger partial charge in [0.15, 0.2) is 5.54 Å². The van der Waals surface area contributed by atoms with E-state index in [0.29, 0.717) is 13.0 Å². The molecule has 1 N–H and O–H groups in total. The summed E-state index contributed by atoms with van der Waals surface area (Å²) < 4.78 is 0. The summed E-state index contributed by atoms with van der Waals surface area (Å²) in [7, 11) is 0. The van der Waals surface area contributed by atoms with Crippen LogP contribution in [-0.2, 0) is 9.59 Å². The molecule has 5 heteroatoms. The van der Waals surface area contributed by atoms with Crippen LogP contribution in [0.4, 0.5) is 0 Å². The van der Waals surface area contributed by atoms with Crippen LogP contribution in [0.15, 0.2) is 0 Å². The van der Waals surface area contributed by atoms with Crippen molar-refractivity contribution in [3.63, 3.8) is 0 Å². The monoisotopic (exact) mass is 240 g/mol. The average molecular weight is 240 g/mol. The summed E-state index contributed by atoms with van der Waals surface area (Å²) >= 11 is 0. The number of nitrogens with zero attached hydrogens (tertiary/aromatic N) is 2. The lowest BCUT2D eigenvalue weighted by Crippen LogP contribution is -2.60. The van der Waals surface area contributed by atoms with Gasteiger partial charge in [-0.15, -0.1) is 0 Å². The molecule has 2 fully saturated rings. The molecule has 2 aliphatic heterocycles. The zero-order chi connectivity index (χ0) is 12.5. The second-order valence-corrected chi connectivity index (χ2v) is 4.97. The fourth-order valence-corrected chi connectivity index (χ4v) is 3.41. The van der Waals surface area contributed by atoms with E-state index in [2.05, 4.69) is 4.90 Å². The molecule has 2 saturated heterocycles. The van der Waals surface area contributed by atoms with Gasteiger partial charge in [-0.3, -0.25) is 9.69 Å². The number of fused-ring (bicyclic) bond motifs is 1. The van der Waals surface area contributed by atoms with Crippen LogP contribution in [-0.4, -0.2) is 58.5 Å². The molecule has 0 aromatic carbocycles. The predicted octanol–water partition coefficient (Wildman–Crippen LogP) is 0.546. The van der Waals surface area contributed by atoms with Crippen molar-refractivity contribution in [2.75, 3.05) is 19.6 Å². The Morgan fingerprint density at radius 1 is 1.59 bits per heavy atom. The minimum absolute atomic E-state index is 0.0109. The molecule has 2 unspecified atom stereocenters. The highest BCUT2D eigenvalue weighted by Gasteiger charge is 2.57. The first-order valence-electron chi connectivity index (χ1n) is 6.36. The third-order valence-electron chi connectivity index (χ3n) is 4.17. The summed E-state index contributed by atoms with van der Waals surface area (Å²) in [6.45, 7) is 4.26. The molecule has 2 heterocycles. The number of amides is 1. The van der Waals surface area contributed by atoms with Gasteiger partial charge in [-0.25, -0.2) is 4.79 Å². The molecule has 0 bridgehead atoms. The van der Waals surface area contributed by atoms with Crippen LogP contribution in [0.25, 0.3) is 0 Å². The first-order chi connectivity index (χ1) is 8.16. The minimum atomic E-state index is -0.978. The Morgan fingerprint density at radius 2 is 2.35 bits per heavy atom. The average Bonchev–Trinajstić information content (AvgIpc) is 2.87. The molecular formula is C12H20N2O3. The Balaban J connectivity index is 2.31. The van der Waals surface area contributed by atoms with Crippen LogP contribution < -0.4 is 0 Å². The van der Waals surface area contributed by atoms with Crippen LogP contribution in [0.2, 0.25) is 0 Å². The maximum atomic E-state index is 11.7. The molecular weight excluding hydrogens is 220 g/mol. The highest BCUT2D eigenvalue weighted by molar-refractivity contribution is 5.83. The van der Waals surface area contributed by atoms with Crippen LogP contribution in [0.1, 0.15) is 32.6 Å². The number of carboxylic acids is 1. The van der Waals surface area contributed by atoms with Crippen molar-refractivity contribution in [2.45, 2.75) is 44.2 Å². The number of hydrogen-bond acceptors (Lipinski definition) is 3. The molecule has 0 radical (unpaired) electrons. The fraction of sp³-hybridized carbons (Fsp3) is 0.833. The van der Waals surface area contributed by atoms with Crippen molar-refractivity contribution < 1.29 is 14.7 Å². The molecule has 0 aliphatic carbocycles. The summed E-state index contributed by atoms with van der Waals surface area (Å²) in [6.07, 6.45) is 4.00. The topological polar surface area (TPSA) is 60.9 Å². The Kier molecular flexibility index (Phi) is 3.38. The third-order valence-corrected chi connectivity index (χ3v) is 4.17. The molecule has 2 aliphatic rings. The van der Waals surface area contributed by atoms with Gasteiger partial charge >= 0.3 is 5.97 Å². The van der Waals surface area contributed by atoms with E-state index in [4.69, 9.17) is 0 Å². The summed E-state index contributed by atoms with van der Waals surface area (Å²) in [6, 6.07) is 0.0109. The molecule has 2 rings (SSSR count). The number of carbonyl (C=O) groups excluding carboxylic acids is 1. The largest absolute Gasteiger partial charge is 0.479 e. The maximum Gasteiger partial charge on any atom is 0.331 e. The van der Waals surface area contributed by atoms with Crippen molar-refractivity contribution in [3.05, 3.63) is 0 Å². The zero-order valence-corrected chi connectivity index (χ0v) is 10.3. The standard InChI is InChI=1S/C12H20N2O3/c1-2-6-14(9-15)12(11(16)17)5-8-13-7-3-4-10(12)13/h9-10H,2-8H2,1H3,(H,16,17). The summed E-state index contributed by atoms with van der Waals surface area (Å²) in [5.41, 5.74) is -0.978. The second-order valence-electron chi connectivity index (χ2n) is 4.97. The molecule has 96 valence electrons. The molecule has 0 spiro atoms. The highest BCUT2D eigenvalue weighted by atomic mass is 16.4. The Bertz CT molecular complexity index is 321. The molecule has 1 amide bonds. The van der Waals surface area contributed by atoms with E-state index in [1.807, 2.05) is 6.92 Å². The van der Waals surface area contributed by atoms with Crippen molar-refractivity contribution in [1.29, 1.82) is 0 Å². The van der Waals surface area contributed by atoms with E-state index in [1.54, 1.807) is 0 Å². The van der Waals surface area contributed by atoms with Gasteiger partial charge in [-0.2, -0.15) is 0 Å². The summed E-state index contributed by atoms with van der Waals surface area (Å²) in [5, 5.41) is 9.61. The van der Waals surface area contributed by atoms with E-state index in [1.165, 1.54) is 4.90 Å². The Labute approximate surface area is 101 Å². The van der Waals surface area contributed by atoms with Gasteiger partial charge in [-0.05, 0) is 32.2 Å². The molecule has 0 aromatic rings. The van der Waals surface area contributed by atoms with Gasteiger partial charge in [-0.1, -0.05) is 6.92 Å². The summed E-state index contributed by atoms with van der Waals surface area (Å²) in [4.78, 5) is 26.7. The van der Waals surface area contributed by atoms with Crippen molar-refractivity contribution in [3.8, 4) is 0 Å². The zero-order valence-electron chi connectivity index (χ0n) is 10.3. The third kappa shape index (κ3) is 1.73. The first-order valence-corrected chi connectivity index (χ1v) is 6.36. The van der Waals surface area contributed by atoms with Gasteiger partial charge in [0.2, 0.25) is 6.41 Å². The van der Waals surface area contributed by atoms with Crippen LogP contribution in [0, 0.1) is 0 Å². The van der Waals surface area contributed by atoms with Gasteiger partial charge < -0.3 is 10.0 Å². The van der Waals surface area contributed by atoms with E-state index in [-0.39, 0.29) is 6.04 Å². The highest BCUT2D eigenvalue weighted by Crippen LogP contribution is 2.40. The minimum Gasteiger partial charge on any atom is -0.479 e. The first kappa shape index (κ1) is 12.4. The lowest BCUT2D eigenvalue weighted by Gasteiger charge is -2.39. The number of carboxylic acid groups (broad SMARTS) is 1. The molecule has 5 nitrogen and oxygen atoms in total. The quantitative estimate of drug-likeness (QED) is 0.713. The lowest BCUT2D eigenvalue weighted by atomic mass is 9.87. The number of rotatable bonds is 5. The predicted molar refractivity (Wildman–Crippen MR) is 62.6 cm³/mol. The van der Waals surface area contributed by atoms with Crippen molar-refractivity contribution in [1.82, 2.24) is 9.80 Å². The Hall–Kier alpha value is -1.10. The molecule has 0 aromatic heterocycles.